The van der Waals surface area contributed by atoms with E-state index in [9.17, 15) is 9.59 Å². The summed E-state index contributed by atoms with van der Waals surface area (Å²) in [7, 11) is 1.52. The lowest BCUT2D eigenvalue weighted by molar-refractivity contribution is -0.124. The Kier molecular flexibility index (Phi) is 2.38. The van der Waals surface area contributed by atoms with E-state index in [-0.39, 0.29) is 29.6 Å². The van der Waals surface area contributed by atoms with Gasteiger partial charge in [0, 0.05) is 0 Å². The van der Waals surface area contributed by atoms with Gasteiger partial charge in [-0.3, -0.25) is 9.59 Å². The van der Waals surface area contributed by atoms with Gasteiger partial charge in [-0.1, -0.05) is 12.1 Å². The Morgan fingerprint density at radius 3 is 2.39 bits per heavy atom. The minimum Gasteiger partial charge on any atom is -0.495 e. The second-order valence-corrected chi connectivity index (χ2v) is 4.63. The number of hydrogen-bond donors (Lipinski definition) is 1. The van der Waals surface area contributed by atoms with E-state index < -0.39 is 0 Å². The van der Waals surface area contributed by atoms with Gasteiger partial charge in [0.15, 0.2) is 0 Å². The molecule has 0 aromatic heterocycles. The fourth-order valence-electron chi connectivity index (χ4n) is 2.80. The number of carbonyl (C=O) groups is 2. The summed E-state index contributed by atoms with van der Waals surface area (Å²) < 4.78 is 5.19. The van der Waals surface area contributed by atoms with Gasteiger partial charge in [0.25, 0.3) is 0 Å². The molecular weight excluding hydrogens is 232 g/mol. The number of rotatable bonds is 3. The molecule has 5 heteroatoms. The van der Waals surface area contributed by atoms with Crippen LogP contribution in [0.25, 0.3) is 0 Å². The monoisotopic (exact) mass is 246 g/mol. The number of piperidine rings is 1. The zero-order valence-corrected chi connectivity index (χ0v) is 10.00. The van der Waals surface area contributed by atoms with E-state index in [1.54, 1.807) is 24.3 Å². The van der Waals surface area contributed by atoms with Gasteiger partial charge >= 0.3 is 0 Å². The van der Waals surface area contributed by atoms with E-state index in [2.05, 4.69) is 0 Å². The molecule has 1 aromatic rings. The van der Waals surface area contributed by atoms with Gasteiger partial charge in [-0.05, 0) is 24.6 Å². The van der Waals surface area contributed by atoms with Crippen LogP contribution in [0.5, 0.6) is 5.75 Å². The Bertz CT molecular complexity index is 507. The van der Waals surface area contributed by atoms with Gasteiger partial charge in [0.05, 0.1) is 24.6 Å². The molecule has 2 atom stereocenters. The Balaban J connectivity index is 1.96. The summed E-state index contributed by atoms with van der Waals surface area (Å²) in [6.07, 6.45) is 0. The summed E-state index contributed by atoms with van der Waals surface area (Å²) in [5.74, 6) is -0.157. The molecule has 5 nitrogen and oxygen atoms in total. The maximum absolute atomic E-state index is 12.2. The Morgan fingerprint density at radius 2 is 1.83 bits per heavy atom. The van der Waals surface area contributed by atoms with Crippen molar-refractivity contribution in [2.45, 2.75) is 0 Å². The van der Waals surface area contributed by atoms with Crippen LogP contribution in [0.4, 0.5) is 5.69 Å². The number of nitrogens with two attached hydrogens (primary N) is 1. The third-order valence-electron chi connectivity index (χ3n) is 3.78. The van der Waals surface area contributed by atoms with Gasteiger partial charge in [0.2, 0.25) is 11.8 Å². The van der Waals surface area contributed by atoms with Crippen molar-refractivity contribution in [1.82, 2.24) is 0 Å². The standard InChI is InChI=1S/C13H14N2O3/c1-18-9-5-3-2-4-8(9)15-12(16)10-7(6-14)11(10)13(15)17/h2-5,7,10-11H,6,14H2,1H3. The van der Waals surface area contributed by atoms with Crippen LogP contribution in [0.3, 0.4) is 0 Å². The molecule has 0 radical (unpaired) electrons. The largest absolute Gasteiger partial charge is 0.495 e. The fourth-order valence-corrected chi connectivity index (χ4v) is 2.80. The summed E-state index contributed by atoms with van der Waals surface area (Å²) in [5.41, 5.74) is 6.07. The predicted octanol–water partition coefficient (Wildman–Crippen LogP) is 0.389. The number of anilines is 1. The normalized spacial score (nSPS) is 29.4. The molecule has 1 aliphatic carbocycles. The SMILES string of the molecule is COc1ccccc1N1C(=O)C2C(CN)C2C1=O. The summed E-state index contributed by atoms with van der Waals surface area (Å²) in [5, 5.41) is 0. The van der Waals surface area contributed by atoms with Gasteiger partial charge in [-0.2, -0.15) is 0 Å². The lowest BCUT2D eigenvalue weighted by Gasteiger charge is -2.20. The first-order chi connectivity index (χ1) is 8.70. The van der Waals surface area contributed by atoms with E-state index in [1.165, 1.54) is 12.0 Å². The minimum absolute atomic E-state index is 0.0379. The summed E-state index contributed by atoms with van der Waals surface area (Å²) in [4.78, 5) is 25.6. The lowest BCUT2D eigenvalue weighted by atomic mass is 10.2. The number of hydrogen-bond acceptors (Lipinski definition) is 4. The molecule has 2 N–H and O–H groups in total. The van der Waals surface area contributed by atoms with Crippen LogP contribution < -0.4 is 15.4 Å². The summed E-state index contributed by atoms with van der Waals surface area (Å²) in [6, 6.07) is 7.04. The van der Waals surface area contributed by atoms with Crippen molar-refractivity contribution >= 4 is 17.5 Å². The van der Waals surface area contributed by atoms with E-state index in [4.69, 9.17) is 10.5 Å². The highest BCUT2D eigenvalue weighted by Crippen LogP contribution is 2.54. The van der Waals surface area contributed by atoms with Crippen molar-refractivity contribution < 1.29 is 14.3 Å². The average molecular weight is 246 g/mol. The first-order valence-corrected chi connectivity index (χ1v) is 5.91. The van der Waals surface area contributed by atoms with Crippen LogP contribution >= 0.6 is 0 Å². The molecule has 2 aliphatic rings. The van der Waals surface area contributed by atoms with Crippen molar-refractivity contribution in [2.24, 2.45) is 23.5 Å². The van der Waals surface area contributed by atoms with Crippen LogP contribution in [0.15, 0.2) is 24.3 Å². The van der Waals surface area contributed by atoms with Gasteiger partial charge in [-0.15, -0.1) is 0 Å². The molecule has 0 spiro atoms. The molecule has 1 heterocycles. The number of imide groups is 1. The van der Waals surface area contributed by atoms with Crippen LogP contribution in [0, 0.1) is 17.8 Å². The third kappa shape index (κ3) is 1.31. The van der Waals surface area contributed by atoms with Crippen LogP contribution in [-0.4, -0.2) is 25.5 Å². The summed E-state index contributed by atoms with van der Waals surface area (Å²) >= 11 is 0. The van der Waals surface area contributed by atoms with Gasteiger partial charge in [-0.25, -0.2) is 4.90 Å². The maximum Gasteiger partial charge on any atom is 0.238 e. The number of fused-ring (bicyclic) bond motifs is 1. The van der Waals surface area contributed by atoms with Crippen molar-refractivity contribution in [3.63, 3.8) is 0 Å². The highest BCUT2D eigenvalue weighted by Gasteiger charge is 2.66. The number of amides is 2. The molecular formula is C13H14N2O3. The van der Waals surface area contributed by atoms with E-state index in [0.717, 1.165) is 0 Å². The highest BCUT2D eigenvalue weighted by molar-refractivity contribution is 6.25. The Hall–Kier alpha value is -1.88. The predicted molar refractivity (Wildman–Crippen MR) is 65.0 cm³/mol. The lowest BCUT2D eigenvalue weighted by Crippen LogP contribution is -2.35. The molecule has 1 aliphatic heterocycles. The molecule has 1 saturated carbocycles. The minimum atomic E-state index is -0.215. The third-order valence-corrected chi connectivity index (χ3v) is 3.78. The zero-order chi connectivity index (χ0) is 12.9. The molecule has 94 valence electrons. The second kappa shape index (κ2) is 3.81. The second-order valence-electron chi connectivity index (χ2n) is 4.63. The average Bonchev–Trinajstić information content (AvgIpc) is 3.07. The van der Waals surface area contributed by atoms with Gasteiger partial charge < -0.3 is 10.5 Å². The molecule has 2 unspecified atom stereocenters. The number of ether oxygens (including phenoxy) is 1. The number of methoxy groups -OCH3 is 1. The van der Waals surface area contributed by atoms with E-state index in [0.29, 0.717) is 18.0 Å². The number of carbonyl (C=O) groups excluding carboxylic acids is 2. The smallest absolute Gasteiger partial charge is 0.238 e. The van der Waals surface area contributed by atoms with E-state index >= 15 is 0 Å². The molecule has 1 saturated heterocycles. The van der Waals surface area contributed by atoms with Crippen molar-refractivity contribution in [2.75, 3.05) is 18.6 Å². The zero-order valence-electron chi connectivity index (χ0n) is 10.00. The van der Waals surface area contributed by atoms with Crippen LogP contribution in [0.2, 0.25) is 0 Å². The summed E-state index contributed by atoms with van der Waals surface area (Å²) in [6.45, 7) is 0.395. The molecule has 2 amide bonds. The maximum atomic E-state index is 12.2. The van der Waals surface area contributed by atoms with Crippen molar-refractivity contribution in [3.8, 4) is 5.75 Å². The first-order valence-electron chi connectivity index (χ1n) is 5.91. The van der Waals surface area contributed by atoms with Crippen LogP contribution in [-0.2, 0) is 9.59 Å². The molecule has 18 heavy (non-hydrogen) atoms. The molecule has 1 aromatic carbocycles. The number of para-hydroxylation sites is 2. The Labute approximate surface area is 105 Å². The van der Waals surface area contributed by atoms with Gasteiger partial charge in [0.1, 0.15) is 5.75 Å². The number of benzene rings is 1. The first kappa shape index (κ1) is 11.2. The van der Waals surface area contributed by atoms with Crippen molar-refractivity contribution in [1.29, 1.82) is 0 Å². The molecule has 0 bridgehead atoms. The molecule has 2 fully saturated rings. The molecule has 3 rings (SSSR count). The van der Waals surface area contributed by atoms with Crippen molar-refractivity contribution in [3.05, 3.63) is 24.3 Å². The van der Waals surface area contributed by atoms with Crippen LogP contribution in [0.1, 0.15) is 0 Å². The van der Waals surface area contributed by atoms with E-state index in [1.807, 2.05) is 0 Å². The quantitative estimate of drug-likeness (QED) is 0.783. The highest BCUT2D eigenvalue weighted by atomic mass is 16.5. The fraction of sp³-hybridized carbons (Fsp3) is 0.385. The Morgan fingerprint density at radius 1 is 1.22 bits per heavy atom. The topological polar surface area (TPSA) is 72.6 Å². The number of nitrogens with zero attached hydrogens (tertiary/aromatic N) is 1.